The van der Waals surface area contributed by atoms with Gasteiger partial charge in [-0.2, -0.15) is 0 Å². The van der Waals surface area contributed by atoms with Gasteiger partial charge in [0.2, 0.25) is 0 Å². The SMILES string of the molecule is CCCCCCCCCOC(=O)CCCCC(=O)OCCCCCCCCCCCl. The molecule has 4 nitrogen and oxygen atoms in total. The van der Waals surface area contributed by atoms with Crippen LogP contribution in [0.5, 0.6) is 0 Å². The Balaban J connectivity index is 3.29. The molecule has 30 heavy (non-hydrogen) atoms. The molecule has 0 amide bonds. The van der Waals surface area contributed by atoms with Crippen LogP contribution in [0.15, 0.2) is 0 Å². The lowest BCUT2D eigenvalue weighted by Gasteiger charge is -2.06. The summed E-state index contributed by atoms with van der Waals surface area (Å²) in [5.74, 6) is 0.485. The molecule has 5 heteroatoms. The maximum atomic E-state index is 11.7. The van der Waals surface area contributed by atoms with Crippen LogP contribution >= 0.6 is 11.6 Å². The first-order valence-electron chi connectivity index (χ1n) is 12.6. The van der Waals surface area contributed by atoms with Crippen molar-refractivity contribution in [2.75, 3.05) is 19.1 Å². The summed E-state index contributed by atoms with van der Waals surface area (Å²) in [6.07, 6.45) is 20.1. The van der Waals surface area contributed by atoms with E-state index in [4.69, 9.17) is 21.1 Å². The fraction of sp³-hybridized carbons (Fsp3) is 0.920. The van der Waals surface area contributed by atoms with Gasteiger partial charge in [-0.25, -0.2) is 0 Å². The van der Waals surface area contributed by atoms with E-state index < -0.39 is 0 Å². The van der Waals surface area contributed by atoms with Crippen LogP contribution < -0.4 is 0 Å². The van der Waals surface area contributed by atoms with Gasteiger partial charge >= 0.3 is 11.9 Å². The number of hydrogen-bond donors (Lipinski definition) is 0. The van der Waals surface area contributed by atoms with E-state index in [1.807, 2.05) is 0 Å². The molecule has 0 saturated carbocycles. The number of esters is 2. The Labute approximate surface area is 190 Å². The van der Waals surface area contributed by atoms with E-state index in [0.29, 0.717) is 38.9 Å². The van der Waals surface area contributed by atoms with E-state index >= 15 is 0 Å². The topological polar surface area (TPSA) is 52.6 Å². The van der Waals surface area contributed by atoms with Gasteiger partial charge in [-0.3, -0.25) is 9.59 Å². The van der Waals surface area contributed by atoms with Crippen LogP contribution in [-0.4, -0.2) is 31.0 Å². The van der Waals surface area contributed by atoms with Crippen LogP contribution in [0.3, 0.4) is 0 Å². The van der Waals surface area contributed by atoms with Crippen molar-refractivity contribution in [1.29, 1.82) is 0 Å². The standard InChI is InChI=1S/C25H47ClO4/c1-2-3-4-5-9-12-17-22-29-24(27)19-14-15-20-25(28)30-23-18-13-10-7-6-8-11-16-21-26/h2-23H2,1H3. The van der Waals surface area contributed by atoms with Gasteiger partial charge in [-0.05, 0) is 32.1 Å². The predicted molar refractivity (Wildman–Crippen MR) is 126 cm³/mol. The smallest absolute Gasteiger partial charge is 0.305 e. The Morgan fingerprint density at radius 3 is 1.30 bits per heavy atom. The fourth-order valence-electron chi connectivity index (χ4n) is 3.37. The molecule has 0 atom stereocenters. The summed E-state index contributed by atoms with van der Waals surface area (Å²) >= 11 is 5.66. The molecule has 0 rings (SSSR count). The molecule has 0 heterocycles. The third kappa shape index (κ3) is 23.5. The largest absolute Gasteiger partial charge is 0.466 e. The maximum Gasteiger partial charge on any atom is 0.305 e. The van der Waals surface area contributed by atoms with Crippen molar-refractivity contribution in [3.05, 3.63) is 0 Å². The van der Waals surface area contributed by atoms with E-state index in [1.165, 1.54) is 64.2 Å². The minimum Gasteiger partial charge on any atom is -0.466 e. The van der Waals surface area contributed by atoms with Gasteiger partial charge < -0.3 is 9.47 Å². The van der Waals surface area contributed by atoms with Crippen molar-refractivity contribution in [3.63, 3.8) is 0 Å². The molecule has 0 N–H and O–H groups in total. The highest BCUT2D eigenvalue weighted by Gasteiger charge is 2.06. The summed E-state index contributed by atoms with van der Waals surface area (Å²) < 4.78 is 10.5. The zero-order valence-corrected chi connectivity index (χ0v) is 20.3. The number of ether oxygens (including phenoxy) is 2. The Morgan fingerprint density at radius 2 is 0.900 bits per heavy atom. The molecule has 0 spiro atoms. The van der Waals surface area contributed by atoms with Gasteiger partial charge in [0.15, 0.2) is 0 Å². The zero-order chi connectivity index (χ0) is 22.1. The third-order valence-corrected chi connectivity index (χ3v) is 5.58. The first kappa shape index (κ1) is 29.2. The van der Waals surface area contributed by atoms with Crippen molar-refractivity contribution in [1.82, 2.24) is 0 Å². The minimum atomic E-state index is -0.146. The van der Waals surface area contributed by atoms with Gasteiger partial charge in [0.25, 0.3) is 0 Å². The van der Waals surface area contributed by atoms with E-state index in [0.717, 1.165) is 38.0 Å². The third-order valence-electron chi connectivity index (χ3n) is 5.31. The lowest BCUT2D eigenvalue weighted by molar-refractivity contribution is -0.146. The lowest BCUT2D eigenvalue weighted by atomic mass is 10.1. The second kappa shape index (κ2) is 24.5. The molecular formula is C25H47ClO4. The summed E-state index contributed by atoms with van der Waals surface area (Å²) in [5.41, 5.74) is 0. The summed E-state index contributed by atoms with van der Waals surface area (Å²) in [5, 5.41) is 0. The quantitative estimate of drug-likeness (QED) is 0.0914. The van der Waals surface area contributed by atoms with Crippen molar-refractivity contribution >= 4 is 23.5 Å². The van der Waals surface area contributed by atoms with Gasteiger partial charge in [-0.15, -0.1) is 11.6 Å². The Morgan fingerprint density at radius 1 is 0.533 bits per heavy atom. The summed E-state index contributed by atoms with van der Waals surface area (Å²) in [6.45, 7) is 3.27. The van der Waals surface area contributed by atoms with Gasteiger partial charge in [0.05, 0.1) is 13.2 Å². The molecule has 178 valence electrons. The summed E-state index contributed by atoms with van der Waals surface area (Å²) in [6, 6.07) is 0. The highest BCUT2D eigenvalue weighted by molar-refractivity contribution is 6.17. The molecule has 0 aromatic rings. The molecule has 0 unspecified atom stereocenters. The number of hydrogen-bond acceptors (Lipinski definition) is 4. The minimum absolute atomic E-state index is 0.142. The number of carbonyl (C=O) groups is 2. The molecule has 0 fully saturated rings. The molecule has 0 radical (unpaired) electrons. The molecule has 0 aliphatic heterocycles. The summed E-state index contributed by atoms with van der Waals surface area (Å²) in [4.78, 5) is 23.4. The van der Waals surface area contributed by atoms with Crippen molar-refractivity contribution in [2.45, 2.75) is 129 Å². The van der Waals surface area contributed by atoms with Gasteiger partial charge in [-0.1, -0.05) is 84.0 Å². The molecule has 0 aromatic carbocycles. The first-order chi connectivity index (χ1) is 14.7. The first-order valence-corrected chi connectivity index (χ1v) is 13.1. The number of unbranched alkanes of at least 4 members (excludes halogenated alkanes) is 14. The number of alkyl halides is 1. The van der Waals surface area contributed by atoms with E-state index in [-0.39, 0.29) is 11.9 Å². The predicted octanol–water partition coefficient (Wildman–Crippen LogP) is 7.74. The number of carbonyl (C=O) groups excluding carboxylic acids is 2. The van der Waals surface area contributed by atoms with E-state index in [1.54, 1.807) is 0 Å². The number of halogens is 1. The molecule has 0 saturated heterocycles. The van der Waals surface area contributed by atoms with Crippen molar-refractivity contribution < 1.29 is 19.1 Å². The monoisotopic (exact) mass is 446 g/mol. The second-order valence-corrected chi connectivity index (χ2v) is 8.66. The van der Waals surface area contributed by atoms with Crippen LogP contribution in [0, 0.1) is 0 Å². The highest BCUT2D eigenvalue weighted by atomic mass is 35.5. The molecule has 0 aromatic heterocycles. The van der Waals surface area contributed by atoms with Crippen molar-refractivity contribution in [3.8, 4) is 0 Å². The zero-order valence-electron chi connectivity index (χ0n) is 19.6. The molecule has 0 aliphatic carbocycles. The maximum absolute atomic E-state index is 11.7. The van der Waals surface area contributed by atoms with Crippen molar-refractivity contribution in [2.24, 2.45) is 0 Å². The molecule has 0 bridgehead atoms. The Kier molecular flexibility index (Phi) is 23.9. The van der Waals surface area contributed by atoms with E-state index in [2.05, 4.69) is 6.92 Å². The number of rotatable bonds is 23. The van der Waals surface area contributed by atoms with Gasteiger partial charge in [0, 0.05) is 18.7 Å². The van der Waals surface area contributed by atoms with Gasteiger partial charge in [0.1, 0.15) is 0 Å². The van der Waals surface area contributed by atoms with Crippen LogP contribution in [0.4, 0.5) is 0 Å². The normalized spacial score (nSPS) is 10.9. The van der Waals surface area contributed by atoms with Crippen LogP contribution in [-0.2, 0) is 19.1 Å². The summed E-state index contributed by atoms with van der Waals surface area (Å²) in [7, 11) is 0. The second-order valence-electron chi connectivity index (χ2n) is 8.29. The van der Waals surface area contributed by atoms with Crippen LogP contribution in [0.25, 0.3) is 0 Å². The van der Waals surface area contributed by atoms with Crippen LogP contribution in [0.2, 0.25) is 0 Å². The van der Waals surface area contributed by atoms with Crippen LogP contribution in [0.1, 0.15) is 129 Å². The average Bonchev–Trinajstić information content (AvgIpc) is 2.74. The Bertz CT molecular complexity index is 387. The Hall–Kier alpha value is -0.770. The lowest BCUT2D eigenvalue weighted by Crippen LogP contribution is -2.08. The fourth-order valence-corrected chi connectivity index (χ4v) is 3.56. The average molecular weight is 447 g/mol. The van der Waals surface area contributed by atoms with E-state index in [9.17, 15) is 9.59 Å². The molecule has 0 aliphatic rings. The highest BCUT2D eigenvalue weighted by Crippen LogP contribution is 2.10. The molecular weight excluding hydrogens is 400 g/mol.